The topological polar surface area (TPSA) is 89.2 Å². The van der Waals surface area contributed by atoms with Gasteiger partial charge in [-0.15, -0.1) is 0 Å². The summed E-state index contributed by atoms with van der Waals surface area (Å²) in [6.45, 7) is 0.998. The second kappa shape index (κ2) is 5.78. The van der Waals surface area contributed by atoms with E-state index in [0.29, 0.717) is 23.9 Å². The van der Waals surface area contributed by atoms with E-state index >= 15 is 0 Å². The van der Waals surface area contributed by atoms with Crippen LogP contribution in [0.3, 0.4) is 0 Å². The van der Waals surface area contributed by atoms with Crippen molar-refractivity contribution in [3.05, 3.63) is 0 Å². The Morgan fingerprint density at radius 1 is 1.15 bits per heavy atom. The fraction of sp³-hybridized carbons (Fsp3) is 0.769. The first-order valence-corrected chi connectivity index (χ1v) is 7.35. The van der Waals surface area contributed by atoms with Gasteiger partial charge in [0.05, 0.1) is 7.11 Å². The molecule has 1 saturated carbocycles. The number of piperidine rings is 1. The molecular weight excluding hydrogens is 256 g/mol. The van der Waals surface area contributed by atoms with E-state index in [1.807, 2.05) is 0 Å². The lowest BCUT2D eigenvalue weighted by atomic mass is 9.78. The van der Waals surface area contributed by atoms with E-state index in [1.165, 1.54) is 38.5 Å². The van der Waals surface area contributed by atoms with Gasteiger partial charge in [0.1, 0.15) is 0 Å². The van der Waals surface area contributed by atoms with Crippen LogP contribution < -0.4 is 20.9 Å². The molecule has 110 valence electrons. The fourth-order valence-electron chi connectivity index (χ4n) is 3.50. The Balaban J connectivity index is 1.90. The Bertz CT molecular complexity index is 444. The zero-order chi connectivity index (χ0) is 13.9. The third-order valence-corrected chi connectivity index (χ3v) is 4.41. The van der Waals surface area contributed by atoms with Gasteiger partial charge < -0.3 is 9.64 Å². The number of hydrazine groups is 1. The van der Waals surface area contributed by atoms with Gasteiger partial charge in [-0.3, -0.25) is 5.43 Å². The number of nitrogens with zero attached hydrogens (tertiary/aromatic N) is 4. The number of anilines is 2. The molecule has 2 atom stereocenters. The summed E-state index contributed by atoms with van der Waals surface area (Å²) < 4.78 is 5.14. The molecule has 0 radical (unpaired) electrons. The normalized spacial score (nSPS) is 26.0. The van der Waals surface area contributed by atoms with Crippen LogP contribution in [0, 0.1) is 5.92 Å². The number of nitrogens with two attached hydrogens (primary N) is 1. The van der Waals surface area contributed by atoms with Gasteiger partial charge in [-0.25, -0.2) is 5.84 Å². The van der Waals surface area contributed by atoms with Crippen molar-refractivity contribution in [1.29, 1.82) is 0 Å². The number of hydrogen-bond acceptors (Lipinski definition) is 7. The quantitative estimate of drug-likeness (QED) is 0.636. The molecule has 2 aliphatic rings. The Labute approximate surface area is 118 Å². The van der Waals surface area contributed by atoms with Crippen LogP contribution in [0.2, 0.25) is 0 Å². The second-order valence-electron chi connectivity index (χ2n) is 5.54. The highest BCUT2D eigenvalue weighted by atomic mass is 16.5. The third-order valence-electron chi connectivity index (χ3n) is 4.41. The van der Waals surface area contributed by atoms with Crippen molar-refractivity contribution >= 4 is 11.9 Å². The second-order valence-corrected chi connectivity index (χ2v) is 5.54. The minimum absolute atomic E-state index is 0.306. The molecule has 3 rings (SSSR count). The van der Waals surface area contributed by atoms with Gasteiger partial charge in [0.15, 0.2) is 0 Å². The van der Waals surface area contributed by atoms with Crippen LogP contribution in [0.1, 0.15) is 38.5 Å². The van der Waals surface area contributed by atoms with Crippen LogP contribution in [0.4, 0.5) is 11.9 Å². The summed E-state index contributed by atoms with van der Waals surface area (Å²) in [6, 6.07) is 0.858. The molecule has 2 fully saturated rings. The zero-order valence-corrected chi connectivity index (χ0v) is 11.9. The van der Waals surface area contributed by atoms with E-state index in [2.05, 4.69) is 25.3 Å². The van der Waals surface area contributed by atoms with Crippen molar-refractivity contribution in [1.82, 2.24) is 15.0 Å². The van der Waals surface area contributed by atoms with Gasteiger partial charge in [-0.1, -0.05) is 12.8 Å². The Morgan fingerprint density at radius 2 is 1.95 bits per heavy atom. The molecule has 0 spiro atoms. The number of fused-ring (bicyclic) bond motifs is 1. The molecule has 0 bridgehead atoms. The number of nitrogen functional groups attached to an aromatic ring is 1. The molecule has 7 nitrogen and oxygen atoms in total. The van der Waals surface area contributed by atoms with Crippen molar-refractivity contribution in [2.75, 3.05) is 24.0 Å². The van der Waals surface area contributed by atoms with Gasteiger partial charge >= 0.3 is 6.01 Å². The van der Waals surface area contributed by atoms with Gasteiger partial charge in [-0.05, 0) is 31.6 Å². The first-order chi connectivity index (χ1) is 9.81. The molecule has 2 heterocycles. The predicted octanol–water partition coefficient (Wildman–Crippen LogP) is 1.32. The fourth-order valence-corrected chi connectivity index (χ4v) is 3.50. The van der Waals surface area contributed by atoms with Crippen molar-refractivity contribution < 1.29 is 4.74 Å². The molecule has 1 aromatic rings. The maximum Gasteiger partial charge on any atom is 0.322 e. The first-order valence-electron chi connectivity index (χ1n) is 7.35. The summed E-state index contributed by atoms with van der Waals surface area (Å²) >= 11 is 0. The standard InChI is InChI=1S/C13H22N6O/c1-20-13-16-11(18-14)15-12(17-13)19-8-4-6-9-5-2-3-7-10(9)19/h9-10H,2-8,14H2,1H3,(H,15,16,17,18)/t9-,10-/m1/s1. The molecule has 0 amide bonds. The van der Waals surface area contributed by atoms with Gasteiger partial charge in [0.2, 0.25) is 11.9 Å². The molecule has 3 N–H and O–H groups in total. The van der Waals surface area contributed by atoms with E-state index in [-0.39, 0.29) is 0 Å². The lowest BCUT2D eigenvalue weighted by molar-refractivity contribution is 0.241. The number of rotatable bonds is 3. The molecule has 1 aromatic heterocycles. The maximum absolute atomic E-state index is 5.43. The highest BCUT2D eigenvalue weighted by molar-refractivity contribution is 5.39. The Hall–Kier alpha value is -1.63. The average Bonchev–Trinajstić information content (AvgIpc) is 2.53. The molecule has 1 saturated heterocycles. The van der Waals surface area contributed by atoms with E-state index in [0.717, 1.165) is 12.5 Å². The monoisotopic (exact) mass is 278 g/mol. The minimum Gasteiger partial charge on any atom is -0.467 e. The van der Waals surface area contributed by atoms with Crippen molar-refractivity contribution in [3.8, 4) is 6.01 Å². The van der Waals surface area contributed by atoms with Crippen LogP contribution >= 0.6 is 0 Å². The lowest BCUT2D eigenvalue weighted by Crippen LogP contribution is -2.47. The average molecular weight is 278 g/mol. The summed E-state index contributed by atoms with van der Waals surface area (Å²) in [5.74, 6) is 7.23. The van der Waals surface area contributed by atoms with E-state index in [4.69, 9.17) is 10.6 Å². The van der Waals surface area contributed by atoms with Crippen molar-refractivity contribution in [2.24, 2.45) is 11.8 Å². The molecule has 20 heavy (non-hydrogen) atoms. The summed E-state index contributed by atoms with van der Waals surface area (Å²) in [5.41, 5.74) is 2.48. The minimum atomic E-state index is 0.306. The summed E-state index contributed by atoms with van der Waals surface area (Å²) in [4.78, 5) is 15.2. The number of hydrogen-bond donors (Lipinski definition) is 2. The van der Waals surface area contributed by atoms with Crippen LogP contribution in [0.25, 0.3) is 0 Å². The van der Waals surface area contributed by atoms with Crippen LogP contribution in [-0.4, -0.2) is 34.6 Å². The number of methoxy groups -OCH3 is 1. The molecule has 0 unspecified atom stereocenters. The van der Waals surface area contributed by atoms with Crippen LogP contribution in [0.5, 0.6) is 6.01 Å². The van der Waals surface area contributed by atoms with Crippen molar-refractivity contribution in [2.45, 2.75) is 44.6 Å². The number of ether oxygens (including phenoxy) is 1. The summed E-state index contributed by atoms with van der Waals surface area (Å²) in [6.07, 6.45) is 7.72. The molecule has 1 aliphatic heterocycles. The van der Waals surface area contributed by atoms with Crippen LogP contribution in [0.15, 0.2) is 0 Å². The third kappa shape index (κ3) is 2.49. The van der Waals surface area contributed by atoms with Gasteiger partial charge in [0, 0.05) is 12.6 Å². The van der Waals surface area contributed by atoms with Gasteiger partial charge in [-0.2, -0.15) is 15.0 Å². The smallest absolute Gasteiger partial charge is 0.322 e. The summed E-state index contributed by atoms with van der Waals surface area (Å²) in [5, 5.41) is 0. The Morgan fingerprint density at radius 3 is 2.75 bits per heavy atom. The van der Waals surface area contributed by atoms with E-state index in [1.54, 1.807) is 7.11 Å². The largest absolute Gasteiger partial charge is 0.467 e. The molecule has 0 aromatic carbocycles. The first kappa shape index (κ1) is 13.4. The highest BCUT2D eigenvalue weighted by Crippen LogP contribution is 2.37. The Kier molecular flexibility index (Phi) is 3.86. The predicted molar refractivity (Wildman–Crippen MR) is 76.5 cm³/mol. The highest BCUT2D eigenvalue weighted by Gasteiger charge is 2.34. The lowest BCUT2D eigenvalue weighted by Gasteiger charge is -2.44. The van der Waals surface area contributed by atoms with Crippen LogP contribution in [-0.2, 0) is 0 Å². The number of nitrogens with one attached hydrogen (secondary N) is 1. The zero-order valence-electron chi connectivity index (χ0n) is 11.9. The molecule has 1 aliphatic carbocycles. The van der Waals surface area contributed by atoms with E-state index < -0.39 is 0 Å². The molecular formula is C13H22N6O. The summed E-state index contributed by atoms with van der Waals surface area (Å²) in [7, 11) is 1.55. The maximum atomic E-state index is 5.43. The SMILES string of the molecule is COc1nc(NN)nc(N2CCC[C@H]3CCCC[C@H]32)n1. The van der Waals surface area contributed by atoms with Crippen molar-refractivity contribution in [3.63, 3.8) is 0 Å². The number of aromatic nitrogens is 3. The van der Waals surface area contributed by atoms with E-state index in [9.17, 15) is 0 Å². The molecule has 7 heteroatoms. The van der Waals surface area contributed by atoms with Gasteiger partial charge in [0.25, 0.3) is 0 Å².